The Hall–Kier alpha value is -2.86. The number of methoxy groups -OCH3 is 1. The van der Waals surface area contributed by atoms with Crippen molar-refractivity contribution in [3.05, 3.63) is 59.9 Å². The van der Waals surface area contributed by atoms with Crippen molar-refractivity contribution in [2.75, 3.05) is 13.7 Å². The van der Waals surface area contributed by atoms with Gasteiger partial charge >= 0.3 is 0 Å². The molecule has 2 aliphatic carbocycles. The number of nitrogens with zero attached hydrogens (tertiary/aromatic N) is 2. The Morgan fingerprint density at radius 2 is 2.00 bits per heavy atom. The second kappa shape index (κ2) is 9.06. The zero-order valence-electron chi connectivity index (χ0n) is 20.7. The van der Waals surface area contributed by atoms with Crippen LogP contribution in [-0.4, -0.2) is 46.5 Å². The minimum absolute atomic E-state index is 0.0983. The van der Waals surface area contributed by atoms with Crippen molar-refractivity contribution in [2.24, 2.45) is 11.8 Å². The number of hydrogen-bond acceptors (Lipinski definition) is 4. The molecule has 1 aromatic carbocycles. The van der Waals surface area contributed by atoms with Crippen molar-refractivity contribution in [1.82, 2.24) is 20.2 Å². The van der Waals surface area contributed by atoms with Gasteiger partial charge in [-0.2, -0.15) is 0 Å². The highest BCUT2D eigenvalue weighted by molar-refractivity contribution is 5.97. The zero-order valence-corrected chi connectivity index (χ0v) is 20.7. The fourth-order valence-corrected chi connectivity index (χ4v) is 5.99. The highest BCUT2D eigenvalue weighted by atomic mass is 16.5. The number of H-pyrrole nitrogens is 1. The van der Waals surface area contributed by atoms with E-state index < -0.39 is 0 Å². The first kappa shape index (κ1) is 22.9. The molecule has 2 fully saturated rings. The molecule has 0 radical (unpaired) electrons. The van der Waals surface area contributed by atoms with E-state index in [1.54, 1.807) is 13.3 Å². The van der Waals surface area contributed by atoms with Crippen molar-refractivity contribution in [2.45, 2.75) is 64.1 Å². The van der Waals surface area contributed by atoms with E-state index in [1.165, 1.54) is 12.0 Å². The minimum Gasteiger partial charge on any atom is -0.497 e. The molecule has 5 rings (SSSR count). The number of fused-ring (bicyclic) bond motifs is 2. The van der Waals surface area contributed by atoms with Crippen LogP contribution in [0.25, 0.3) is 11.0 Å². The number of carbonyl (C=O) groups excluding carboxylic acids is 1. The first-order valence-corrected chi connectivity index (χ1v) is 12.6. The molecule has 6 heteroatoms. The van der Waals surface area contributed by atoms with Crippen LogP contribution >= 0.6 is 0 Å². The quantitative estimate of drug-likeness (QED) is 0.514. The number of pyridine rings is 1. The van der Waals surface area contributed by atoms with Crippen LogP contribution in [0.15, 0.2) is 48.7 Å². The summed E-state index contributed by atoms with van der Waals surface area (Å²) >= 11 is 0. The molecule has 2 unspecified atom stereocenters. The highest BCUT2D eigenvalue weighted by Crippen LogP contribution is 2.51. The standard InChI is InChI=1S/C28H36N4O2/c1-5-32(27(33)25-17-24-23(30-25)9-7-15-29-24)26-10-6-8-22(20-16-21(20)26)31-28(2,3)18-11-13-19(34-4)14-12-18/h7,9,11-15,17,20-22,26,30-31H,5-6,8,10,16H2,1-4H3/t20?,21-,22-,26?/m1/s1. The summed E-state index contributed by atoms with van der Waals surface area (Å²) in [6, 6.07) is 14.9. The van der Waals surface area contributed by atoms with Crippen molar-refractivity contribution in [1.29, 1.82) is 0 Å². The van der Waals surface area contributed by atoms with E-state index in [2.05, 4.69) is 53.1 Å². The summed E-state index contributed by atoms with van der Waals surface area (Å²) in [6.07, 6.45) is 6.31. The topological polar surface area (TPSA) is 70.2 Å². The lowest BCUT2D eigenvalue weighted by molar-refractivity contribution is 0.0648. The maximum Gasteiger partial charge on any atom is 0.270 e. The smallest absolute Gasteiger partial charge is 0.270 e. The number of aromatic nitrogens is 2. The van der Waals surface area contributed by atoms with Crippen LogP contribution in [0.3, 0.4) is 0 Å². The Kier molecular flexibility index (Phi) is 6.11. The Morgan fingerprint density at radius 3 is 2.71 bits per heavy atom. The van der Waals surface area contributed by atoms with E-state index in [-0.39, 0.29) is 11.4 Å². The fraction of sp³-hybridized carbons (Fsp3) is 0.500. The van der Waals surface area contributed by atoms with Crippen molar-refractivity contribution in [3.63, 3.8) is 0 Å². The predicted octanol–water partition coefficient (Wildman–Crippen LogP) is 5.12. The summed E-state index contributed by atoms with van der Waals surface area (Å²) in [6.45, 7) is 7.36. The third kappa shape index (κ3) is 4.31. The molecular weight excluding hydrogens is 424 g/mol. The van der Waals surface area contributed by atoms with Crippen LogP contribution in [0.5, 0.6) is 5.75 Å². The van der Waals surface area contributed by atoms with Gasteiger partial charge in [0.25, 0.3) is 5.91 Å². The molecule has 180 valence electrons. The van der Waals surface area contributed by atoms with Crippen LogP contribution < -0.4 is 10.1 Å². The maximum atomic E-state index is 13.5. The van der Waals surface area contributed by atoms with E-state index in [0.717, 1.165) is 42.6 Å². The van der Waals surface area contributed by atoms with Crippen LogP contribution in [0.4, 0.5) is 0 Å². The number of carbonyl (C=O) groups is 1. The molecular formula is C28H36N4O2. The van der Waals surface area contributed by atoms with E-state index >= 15 is 0 Å². The van der Waals surface area contributed by atoms with Gasteiger partial charge in [-0.1, -0.05) is 12.1 Å². The molecule has 3 aromatic rings. The van der Waals surface area contributed by atoms with Gasteiger partial charge in [0, 0.05) is 30.4 Å². The van der Waals surface area contributed by atoms with Gasteiger partial charge < -0.3 is 19.9 Å². The highest BCUT2D eigenvalue weighted by Gasteiger charge is 2.51. The van der Waals surface area contributed by atoms with E-state index in [0.29, 0.717) is 29.6 Å². The summed E-state index contributed by atoms with van der Waals surface area (Å²) in [4.78, 5) is 23.3. The Labute approximate surface area is 202 Å². The van der Waals surface area contributed by atoms with Crippen LogP contribution in [0, 0.1) is 11.8 Å². The number of aromatic amines is 1. The van der Waals surface area contributed by atoms with Gasteiger partial charge in [0.2, 0.25) is 0 Å². The van der Waals surface area contributed by atoms with Gasteiger partial charge in [-0.15, -0.1) is 0 Å². The molecule has 0 bridgehead atoms. The SMILES string of the molecule is CCN(C(=O)c1cc2ncccc2[nH]1)C1CCC[C@@H](NC(C)(C)c2ccc(OC)cc2)C2C[C@H]21. The Balaban J connectivity index is 1.29. The summed E-state index contributed by atoms with van der Waals surface area (Å²) in [7, 11) is 1.70. The maximum absolute atomic E-state index is 13.5. The number of rotatable bonds is 7. The van der Waals surface area contributed by atoms with Gasteiger partial charge in [0.15, 0.2) is 0 Å². The van der Waals surface area contributed by atoms with Crippen molar-refractivity contribution < 1.29 is 9.53 Å². The third-order valence-corrected chi connectivity index (χ3v) is 7.90. The molecule has 0 aliphatic heterocycles. The third-order valence-electron chi connectivity index (χ3n) is 7.90. The molecule has 34 heavy (non-hydrogen) atoms. The summed E-state index contributed by atoms with van der Waals surface area (Å²) in [5.41, 5.74) is 3.55. The molecule has 2 saturated carbocycles. The number of ether oxygens (including phenoxy) is 1. The second-order valence-electron chi connectivity index (χ2n) is 10.4. The summed E-state index contributed by atoms with van der Waals surface area (Å²) in [5.74, 6) is 2.17. The monoisotopic (exact) mass is 460 g/mol. The lowest BCUT2D eigenvalue weighted by Gasteiger charge is -2.33. The van der Waals surface area contributed by atoms with Gasteiger partial charge in [0.1, 0.15) is 11.4 Å². The predicted molar refractivity (Wildman–Crippen MR) is 135 cm³/mol. The number of amides is 1. The lowest BCUT2D eigenvalue weighted by Crippen LogP contribution is -2.45. The summed E-state index contributed by atoms with van der Waals surface area (Å²) in [5, 5.41) is 3.98. The molecule has 2 N–H and O–H groups in total. The molecule has 1 amide bonds. The Morgan fingerprint density at radius 1 is 1.21 bits per heavy atom. The fourth-order valence-electron chi connectivity index (χ4n) is 5.99. The zero-order chi connectivity index (χ0) is 23.9. The number of hydrogen-bond donors (Lipinski definition) is 2. The normalized spacial score (nSPS) is 24.4. The average Bonchev–Trinajstić information content (AvgIpc) is 3.54. The molecule has 6 nitrogen and oxygen atoms in total. The van der Waals surface area contributed by atoms with Gasteiger partial charge in [0.05, 0.1) is 18.1 Å². The van der Waals surface area contributed by atoms with Gasteiger partial charge in [-0.05, 0) is 94.2 Å². The summed E-state index contributed by atoms with van der Waals surface area (Å²) < 4.78 is 5.33. The van der Waals surface area contributed by atoms with E-state index in [1.807, 2.05) is 30.3 Å². The van der Waals surface area contributed by atoms with E-state index in [9.17, 15) is 4.79 Å². The number of benzene rings is 1. The molecule has 0 saturated heterocycles. The molecule has 4 atom stereocenters. The van der Waals surface area contributed by atoms with Crippen LogP contribution in [0.2, 0.25) is 0 Å². The first-order chi connectivity index (χ1) is 16.4. The van der Waals surface area contributed by atoms with Gasteiger partial charge in [-0.3, -0.25) is 9.78 Å². The average molecular weight is 461 g/mol. The Bertz CT molecular complexity index is 1120. The first-order valence-electron chi connectivity index (χ1n) is 12.6. The van der Waals surface area contributed by atoms with Crippen molar-refractivity contribution in [3.8, 4) is 5.75 Å². The van der Waals surface area contributed by atoms with Crippen LogP contribution in [0.1, 0.15) is 62.5 Å². The largest absolute Gasteiger partial charge is 0.497 e. The van der Waals surface area contributed by atoms with Crippen LogP contribution in [-0.2, 0) is 5.54 Å². The molecule has 0 spiro atoms. The van der Waals surface area contributed by atoms with Crippen molar-refractivity contribution >= 4 is 16.9 Å². The molecule has 2 aromatic heterocycles. The minimum atomic E-state index is -0.123. The van der Waals surface area contributed by atoms with E-state index in [4.69, 9.17) is 4.74 Å². The molecule has 2 heterocycles. The van der Waals surface area contributed by atoms with Gasteiger partial charge in [-0.25, -0.2) is 0 Å². The molecule has 2 aliphatic rings. The second-order valence-corrected chi connectivity index (χ2v) is 10.4. The number of nitrogens with one attached hydrogen (secondary N) is 2. The lowest BCUT2D eigenvalue weighted by atomic mass is 9.91.